The van der Waals surface area contributed by atoms with E-state index in [1.165, 1.54) is 6.20 Å². The molecule has 1 aromatic carbocycles. The Hall–Kier alpha value is -2.21. The maximum atomic E-state index is 11.2. The average Bonchev–Trinajstić information content (AvgIpc) is 2.46. The van der Waals surface area contributed by atoms with Gasteiger partial charge in [0.15, 0.2) is 0 Å². The van der Waals surface area contributed by atoms with Crippen LogP contribution in [0.5, 0.6) is 0 Å². The summed E-state index contributed by atoms with van der Waals surface area (Å²) in [5.41, 5.74) is 1.31. The molecule has 0 fully saturated rings. The first-order valence-electron chi connectivity index (χ1n) is 6.97. The van der Waals surface area contributed by atoms with Crippen LogP contribution in [0.2, 0.25) is 0 Å². The van der Waals surface area contributed by atoms with E-state index in [0.29, 0.717) is 18.3 Å². The van der Waals surface area contributed by atoms with E-state index >= 15 is 0 Å². The van der Waals surface area contributed by atoms with Crippen LogP contribution in [0.3, 0.4) is 0 Å². The molecule has 0 bridgehead atoms. The number of likely N-dealkylation sites (N-methyl/N-ethyl adjacent to an activating group) is 1. The second kappa shape index (κ2) is 6.49. The van der Waals surface area contributed by atoms with E-state index in [-0.39, 0.29) is 5.69 Å². The molecule has 1 aromatic heterocycles. The molecule has 21 heavy (non-hydrogen) atoms. The lowest BCUT2D eigenvalue weighted by molar-refractivity contribution is -0.384. The molecule has 0 saturated carbocycles. The number of nitrogens with one attached hydrogen (secondary N) is 1. The van der Waals surface area contributed by atoms with Crippen LogP contribution in [0.25, 0.3) is 10.9 Å². The van der Waals surface area contributed by atoms with Gasteiger partial charge < -0.3 is 10.2 Å². The second-order valence-electron chi connectivity index (χ2n) is 5.29. The molecule has 0 radical (unpaired) electrons. The molecule has 2 rings (SSSR count). The third kappa shape index (κ3) is 3.46. The summed E-state index contributed by atoms with van der Waals surface area (Å²) < 4.78 is 0. The third-order valence-electron chi connectivity index (χ3n) is 3.60. The van der Waals surface area contributed by atoms with E-state index in [4.69, 9.17) is 0 Å². The Labute approximate surface area is 123 Å². The Kier molecular flexibility index (Phi) is 4.70. The fraction of sp³-hybridized carbons (Fsp3) is 0.400. The molecule has 0 spiro atoms. The lowest BCUT2D eigenvalue weighted by Gasteiger charge is -2.21. The Balaban J connectivity index is 2.27. The van der Waals surface area contributed by atoms with Gasteiger partial charge >= 0.3 is 5.69 Å². The van der Waals surface area contributed by atoms with Crippen LogP contribution in [0.1, 0.15) is 13.8 Å². The van der Waals surface area contributed by atoms with Crippen molar-refractivity contribution >= 4 is 22.3 Å². The fourth-order valence-electron chi connectivity index (χ4n) is 2.07. The number of rotatable bonds is 6. The van der Waals surface area contributed by atoms with Crippen LogP contribution in [0.4, 0.5) is 11.4 Å². The molecule has 6 nitrogen and oxygen atoms in total. The molecule has 0 aliphatic heterocycles. The highest BCUT2D eigenvalue weighted by Crippen LogP contribution is 2.31. The van der Waals surface area contributed by atoms with Crippen molar-refractivity contribution < 1.29 is 4.92 Å². The summed E-state index contributed by atoms with van der Waals surface area (Å²) >= 11 is 0. The minimum absolute atomic E-state index is 0.0147. The number of hydrogen-bond acceptors (Lipinski definition) is 5. The molecular weight excluding hydrogens is 268 g/mol. The number of para-hydroxylation sites is 1. The van der Waals surface area contributed by atoms with Crippen LogP contribution in [0.15, 0.2) is 30.5 Å². The molecule has 0 amide bonds. The third-order valence-corrected chi connectivity index (χ3v) is 3.60. The van der Waals surface area contributed by atoms with Gasteiger partial charge in [-0.15, -0.1) is 0 Å². The summed E-state index contributed by atoms with van der Waals surface area (Å²) in [6.45, 7) is 5.68. The van der Waals surface area contributed by atoms with Crippen LogP contribution in [-0.4, -0.2) is 41.0 Å². The Morgan fingerprint density at radius 1 is 1.38 bits per heavy atom. The smallest absolute Gasteiger partial charge is 0.311 e. The van der Waals surface area contributed by atoms with Gasteiger partial charge in [0, 0.05) is 24.5 Å². The van der Waals surface area contributed by atoms with Gasteiger partial charge in [-0.2, -0.15) is 0 Å². The van der Waals surface area contributed by atoms with Crippen molar-refractivity contribution in [3.63, 3.8) is 0 Å². The normalized spacial score (nSPS) is 11.3. The largest absolute Gasteiger partial charge is 0.378 e. The first-order valence-corrected chi connectivity index (χ1v) is 6.97. The van der Waals surface area contributed by atoms with Gasteiger partial charge in [-0.25, -0.2) is 4.98 Å². The summed E-state index contributed by atoms with van der Waals surface area (Å²) in [6.07, 6.45) is 1.32. The van der Waals surface area contributed by atoms with Crippen LogP contribution in [-0.2, 0) is 0 Å². The zero-order chi connectivity index (χ0) is 15.4. The molecular formula is C15H20N4O2. The summed E-state index contributed by atoms with van der Waals surface area (Å²) in [7, 11) is 2.03. The number of anilines is 1. The summed E-state index contributed by atoms with van der Waals surface area (Å²) in [5.74, 6) is 0. The first kappa shape index (κ1) is 15.2. The number of nitrogens with zero attached hydrogens (tertiary/aromatic N) is 3. The standard InChI is InChI=1S/C15H20N4O2/c1-11(2)18(3)9-8-16-15-12-6-4-5-7-13(12)17-10-14(15)19(20)21/h4-7,10-11H,8-9H2,1-3H3,(H,16,17). The monoisotopic (exact) mass is 288 g/mol. The maximum Gasteiger partial charge on any atom is 0.311 e. The summed E-state index contributed by atoms with van der Waals surface area (Å²) in [6, 6.07) is 7.88. The van der Waals surface area contributed by atoms with Gasteiger partial charge in [0.1, 0.15) is 11.9 Å². The summed E-state index contributed by atoms with van der Waals surface area (Å²) in [4.78, 5) is 17.1. The molecule has 1 N–H and O–H groups in total. The molecule has 0 atom stereocenters. The Bertz CT molecular complexity index is 643. The molecule has 0 aliphatic rings. The van der Waals surface area contributed by atoms with Crippen LogP contribution >= 0.6 is 0 Å². The molecule has 112 valence electrons. The minimum Gasteiger partial charge on any atom is -0.378 e. The SMILES string of the molecule is CC(C)N(C)CCNc1c([N+](=O)[O-])cnc2ccccc12. The van der Waals surface area contributed by atoms with E-state index in [1.54, 1.807) is 0 Å². The van der Waals surface area contributed by atoms with E-state index in [1.807, 2.05) is 31.3 Å². The molecule has 0 saturated heterocycles. The maximum absolute atomic E-state index is 11.2. The van der Waals surface area contributed by atoms with Gasteiger partial charge in [0.2, 0.25) is 0 Å². The van der Waals surface area contributed by atoms with Gasteiger partial charge in [-0.3, -0.25) is 10.1 Å². The number of hydrogen-bond donors (Lipinski definition) is 1. The number of pyridine rings is 1. The minimum atomic E-state index is -0.395. The highest BCUT2D eigenvalue weighted by atomic mass is 16.6. The zero-order valence-electron chi connectivity index (χ0n) is 12.5. The zero-order valence-corrected chi connectivity index (χ0v) is 12.5. The fourth-order valence-corrected chi connectivity index (χ4v) is 2.07. The van der Waals surface area contributed by atoms with Gasteiger partial charge in [-0.05, 0) is 27.0 Å². The molecule has 0 unspecified atom stereocenters. The number of benzene rings is 1. The van der Waals surface area contributed by atoms with Crippen molar-refractivity contribution in [3.8, 4) is 0 Å². The molecule has 6 heteroatoms. The highest BCUT2D eigenvalue weighted by molar-refractivity contribution is 5.95. The second-order valence-corrected chi connectivity index (χ2v) is 5.29. The van der Waals surface area contributed by atoms with Gasteiger partial charge in [0.05, 0.1) is 10.4 Å². The van der Waals surface area contributed by atoms with Gasteiger partial charge in [-0.1, -0.05) is 18.2 Å². The van der Waals surface area contributed by atoms with E-state index in [0.717, 1.165) is 17.4 Å². The van der Waals surface area contributed by atoms with Crippen molar-refractivity contribution in [2.24, 2.45) is 0 Å². The molecule has 1 heterocycles. The Morgan fingerprint density at radius 2 is 2.10 bits per heavy atom. The van der Waals surface area contributed by atoms with E-state index in [9.17, 15) is 10.1 Å². The van der Waals surface area contributed by atoms with Gasteiger partial charge in [0.25, 0.3) is 0 Å². The van der Waals surface area contributed by atoms with Crippen molar-refractivity contribution in [1.29, 1.82) is 0 Å². The van der Waals surface area contributed by atoms with Crippen molar-refractivity contribution in [2.45, 2.75) is 19.9 Å². The molecule has 0 aliphatic carbocycles. The van der Waals surface area contributed by atoms with Crippen LogP contribution in [0, 0.1) is 10.1 Å². The molecule has 2 aromatic rings. The van der Waals surface area contributed by atoms with Crippen molar-refractivity contribution in [3.05, 3.63) is 40.6 Å². The van der Waals surface area contributed by atoms with Crippen molar-refractivity contribution in [2.75, 3.05) is 25.5 Å². The predicted molar refractivity (Wildman–Crippen MR) is 84.7 cm³/mol. The lowest BCUT2D eigenvalue weighted by Crippen LogP contribution is -2.31. The first-order chi connectivity index (χ1) is 10.0. The average molecular weight is 288 g/mol. The van der Waals surface area contributed by atoms with E-state index in [2.05, 4.69) is 29.0 Å². The quantitative estimate of drug-likeness (QED) is 0.653. The van der Waals surface area contributed by atoms with E-state index < -0.39 is 4.92 Å². The highest BCUT2D eigenvalue weighted by Gasteiger charge is 2.17. The summed E-state index contributed by atoms with van der Waals surface area (Å²) in [5, 5.41) is 15.2. The number of nitro groups is 1. The predicted octanol–water partition coefficient (Wildman–Crippen LogP) is 2.90. The number of aromatic nitrogens is 1. The number of fused-ring (bicyclic) bond motifs is 1. The Morgan fingerprint density at radius 3 is 2.76 bits per heavy atom. The van der Waals surface area contributed by atoms with Crippen molar-refractivity contribution in [1.82, 2.24) is 9.88 Å². The lowest BCUT2D eigenvalue weighted by atomic mass is 10.1. The van der Waals surface area contributed by atoms with Crippen LogP contribution < -0.4 is 5.32 Å². The topological polar surface area (TPSA) is 71.3 Å².